The van der Waals surface area contributed by atoms with Crippen LogP contribution in [0.15, 0.2) is 41.3 Å². The highest BCUT2D eigenvalue weighted by atomic mass is 127. The summed E-state index contributed by atoms with van der Waals surface area (Å²) in [6.45, 7) is -0.476. The van der Waals surface area contributed by atoms with E-state index < -0.39 is 29.6 Å². The number of hydrogen-bond donors (Lipinski definition) is 2. The van der Waals surface area contributed by atoms with E-state index in [-0.39, 0.29) is 28.0 Å². The Balaban J connectivity index is 2.19. The number of aryl methyl sites for hydroxylation is 1. The molecule has 3 N–H and O–H groups in total. The third kappa shape index (κ3) is 4.02. The van der Waals surface area contributed by atoms with Crippen LogP contribution in [-0.2, 0) is 11.8 Å². The maximum atomic E-state index is 14.2. The molecule has 0 atom stereocenters. The molecule has 0 fully saturated rings. The summed E-state index contributed by atoms with van der Waals surface area (Å²) in [5, 5.41) is 2.86. The van der Waals surface area contributed by atoms with E-state index >= 15 is 0 Å². The lowest BCUT2D eigenvalue weighted by Gasteiger charge is -2.15. The number of halogens is 3. The van der Waals surface area contributed by atoms with E-state index in [2.05, 4.69) is 5.32 Å². The molecule has 0 spiro atoms. The van der Waals surface area contributed by atoms with Crippen molar-refractivity contribution in [3.63, 3.8) is 0 Å². The lowest BCUT2D eigenvalue weighted by atomic mass is 10.1. The van der Waals surface area contributed by atoms with Gasteiger partial charge in [-0.3, -0.25) is 9.59 Å². The van der Waals surface area contributed by atoms with Crippen molar-refractivity contribution in [1.82, 2.24) is 4.57 Å². The summed E-state index contributed by atoms with van der Waals surface area (Å²) in [5.74, 6) is -2.01. The van der Waals surface area contributed by atoms with Gasteiger partial charge in [-0.2, -0.15) is 0 Å². The van der Waals surface area contributed by atoms with Crippen LogP contribution in [0.5, 0.6) is 5.75 Å². The number of rotatable bonds is 5. The van der Waals surface area contributed by atoms with Crippen LogP contribution in [0.25, 0.3) is 10.9 Å². The zero-order chi connectivity index (χ0) is 19.7. The third-order valence-electron chi connectivity index (χ3n) is 3.79. The van der Waals surface area contributed by atoms with Crippen molar-refractivity contribution in [3.05, 3.63) is 62.0 Å². The van der Waals surface area contributed by atoms with E-state index in [1.54, 1.807) is 13.1 Å². The fraction of sp³-hybridized carbons (Fsp3) is 0.111. The lowest BCUT2D eigenvalue weighted by Crippen LogP contribution is -2.23. The van der Waals surface area contributed by atoms with Gasteiger partial charge < -0.3 is 20.4 Å². The maximum Gasteiger partial charge on any atom is 0.255 e. The summed E-state index contributed by atoms with van der Waals surface area (Å²) in [6, 6.07) is 6.76. The molecule has 1 amide bonds. The summed E-state index contributed by atoms with van der Waals surface area (Å²) >= 11 is 1.97. The van der Waals surface area contributed by atoms with Gasteiger partial charge in [0, 0.05) is 10.6 Å². The quantitative estimate of drug-likeness (QED) is 0.545. The van der Waals surface area contributed by atoms with Gasteiger partial charge in [0.15, 0.2) is 12.4 Å². The summed E-state index contributed by atoms with van der Waals surface area (Å²) in [6.07, 6.45) is 1.34. The number of anilines is 2. The van der Waals surface area contributed by atoms with Gasteiger partial charge in [0.1, 0.15) is 11.6 Å². The largest absolute Gasteiger partial charge is 0.478 e. The number of hydrogen-bond acceptors (Lipinski definition) is 4. The van der Waals surface area contributed by atoms with E-state index in [1.165, 1.54) is 29.0 Å². The summed E-state index contributed by atoms with van der Waals surface area (Å²) in [5.41, 5.74) is 4.92. The van der Waals surface area contributed by atoms with E-state index in [9.17, 15) is 18.4 Å². The van der Waals surface area contributed by atoms with Gasteiger partial charge in [0.25, 0.3) is 5.91 Å². The average Bonchev–Trinajstić information content (AvgIpc) is 2.58. The summed E-state index contributed by atoms with van der Waals surface area (Å²) in [4.78, 5) is 23.7. The number of carbonyl (C=O) groups is 1. The van der Waals surface area contributed by atoms with Crippen molar-refractivity contribution in [2.75, 3.05) is 11.9 Å². The first-order valence-electron chi connectivity index (χ1n) is 7.72. The highest BCUT2D eigenvalue weighted by Crippen LogP contribution is 2.29. The molecule has 1 heterocycles. The number of carbonyl (C=O) groups excluding carboxylic acids is 1. The van der Waals surface area contributed by atoms with Gasteiger partial charge in [0.05, 0.1) is 28.5 Å². The Hall–Kier alpha value is -2.69. The van der Waals surface area contributed by atoms with Gasteiger partial charge in [-0.25, -0.2) is 8.78 Å². The van der Waals surface area contributed by atoms with Crippen molar-refractivity contribution in [2.45, 2.75) is 0 Å². The molecule has 0 unspecified atom stereocenters. The van der Waals surface area contributed by atoms with Crippen molar-refractivity contribution in [2.24, 2.45) is 12.8 Å². The number of primary amides is 1. The van der Waals surface area contributed by atoms with E-state index in [0.717, 1.165) is 6.07 Å². The molecule has 6 nitrogen and oxygen atoms in total. The molecule has 0 aliphatic heterocycles. The second kappa shape index (κ2) is 7.51. The Bertz CT molecular complexity index is 1120. The minimum atomic E-state index is -0.740. The van der Waals surface area contributed by atoms with Gasteiger partial charge in [-0.05, 0) is 52.9 Å². The van der Waals surface area contributed by atoms with Gasteiger partial charge >= 0.3 is 0 Å². The van der Waals surface area contributed by atoms with Gasteiger partial charge in [-0.1, -0.05) is 0 Å². The first-order chi connectivity index (χ1) is 12.8. The highest BCUT2D eigenvalue weighted by Gasteiger charge is 2.16. The first-order valence-corrected chi connectivity index (χ1v) is 8.80. The Kier molecular flexibility index (Phi) is 5.31. The normalized spacial score (nSPS) is 10.8. The number of nitrogens with two attached hydrogens (primary N) is 1. The molecule has 0 saturated heterocycles. The predicted molar refractivity (Wildman–Crippen MR) is 106 cm³/mol. The van der Waals surface area contributed by atoms with Crippen LogP contribution < -0.4 is 21.2 Å². The average molecular weight is 485 g/mol. The number of benzene rings is 2. The zero-order valence-electron chi connectivity index (χ0n) is 14.1. The number of nitrogens with zero attached hydrogens (tertiary/aromatic N) is 1. The van der Waals surface area contributed by atoms with Crippen LogP contribution in [0.4, 0.5) is 20.2 Å². The van der Waals surface area contributed by atoms with Crippen LogP contribution in [0.3, 0.4) is 0 Å². The molecule has 140 valence electrons. The van der Waals surface area contributed by atoms with Crippen molar-refractivity contribution < 1.29 is 18.3 Å². The second-order valence-corrected chi connectivity index (χ2v) is 7.03. The molecular weight excluding hydrogens is 471 g/mol. The number of pyridine rings is 1. The van der Waals surface area contributed by atoms with Crippen molar-refractivity contribution in [3.8, 4) is 5.75 Å². The van der Waals surface area contributed by atoms with Crippen LogP contribution in [0.2, 0.25) is 0 Å². The Morgan fingerprint density at radius 3 is 2.67 bits per heavy atom. The molecule has 0 aliphatic carbocycles. The summed E-state index contributed by atoms with van der Waals surface area (Å²) in [7, 11) is 1.59. The summed E-state index contributed by atoms with van der Waals surface area (Å²) < 4.78 is 35.6. The van der Waals surface area contributed by atoms with Crippen LogP contribution in [-0.4, -0.2) is 17.1 Å². The lowest BCUT2D eigenvalue weighted by molar-refractivity contribution is -0.119. The topological polar surface area (TPSA) is 86.3 Å². The molecule has 1 aromatic heterocycles. The number of aromatic nitrogens is 1. The smallest absolute Gasteiger partial charge is 0.255 e. The Labute approximate surface area is 166 Å². The van der Waals surface area contributed by atoms with E-state index in [0.29, 0.717) is 3.57 Å². The Morgan fingerprint density at radius 2 is 2.00 bits per heavy atom. The predicted octanol–water partition coefficient (Wildman–Crippen LogP) is 3.03. The van der Waals surface area contributed by atoms with Gasteiger partial charge in [0.2, 0.25) is 5.43 Å². The first kappa shape index (κ1) is 19.1. The molecule has 0 aliphatic rings. The Morgan fingerprint density at radius 1 is 1.26 bits per heavy atom. The second-order valence-electron chi connectivity index (χ2n) is 5.79. The molecule has 3 rings (SSSR count). The number of fused-ring (bicyclic) bond motifs is 1. The number of ether oxygens (including phenoxy) is 1. The molecular formula is C18H14F2IN3O3. The molecule has 0 bridgehead atoms. The van der Waals surface area contributed by atoms with Crippen molar-refractivity contribution in [1.29, 1.82) is 0 Å². The van der Waals surface area contributed by atoms with E-state index in [1.807, 2.05) is 22.6 Å². The fourth-order valence-corrected chi connectivity index (χ4v) is 3.08. The zero-order valence-corrected chi connectivity index (χ0v) is 16.2. The SMILES string of the molecule is Cn1cc(OCC(N)=O)c(=O)c2c(Nc3ccc(I)cc3F)cc(F)cc21. The molecule has 0 saturated carbocycles. The minimum Gasteiger partial charge on any atom is -0.478 e. The third-order valence-corrected chi connectivity index (χ3v) is 4.47. The van der Waals surface area contributed by atoms with E-state index in [4.69, 9.17) is 10.5 Å². The van der Waals surface area contributed by atoms with Crippen LogP contribution >= 0.6 is 22.6 Å². The van der Waals surface area contributed by atoms with Crippen LogP contribution in [0.1, 0.15) is 0 Å². The molecule has 27 heavy (non-hydrogen) atoms. The molecule has 9 heteroatoms. The monoisotopic (exact) mass is 485 g/mol. The minimum absolute atomic E-state index is 0.0789. The van der Waals surface area contributed by atoms with Gasteiger partial charge in [-0.15, -0.1) is 0 Å². The molecule has 0 radical (unpaired) electrons. The molecule has 2 aromatic carbocycles. The number of amides is 1. The van der Waals surface area contributed by atoms with Crippen molar-refractivity contribution >= 4 is 50.8 Å². The maximum absolute atomic E-state index is 14.2. The standard InChI is InChI=1S/C18H14F2IN3O3/c1-24-7-15(27-8-16(22)25)18(26)17-13(4-9(19)5-14(17)24)23-12-3-2-10(21)6-11(12)20/h2-7,23H,8H2,1H3,(H2,22,25). The number of nitrogens with one attached hydrogen (secondary N) is 1. The highest BCUT2D eigenvalue weighted by molar-refractivity contribution is 14.1. The fourth-order valence-electron chi connectivity index (χ4n) is 2.62. The van der Waals surface area contributed by atoms with Crippen LogP contribution in [0, 0.1) is 15.2 Å². The molecule has 3 aromatic rings.